The summed E-state index contributed by atoms with van der Waals surface area (Å²) in [5.41, 5.74) is 4.59. The highest BCUT2D eigenvalue weighted by molar-refractivity contribution is 6.35. The number of imidazole rings is 1. The van der Waals surface area contributed by atoms with Gasteiger partial charge in [-0.2, -0.15) is 0 Å². The molecule has 0 bridgehead atoms. The van der Waals surface area contributed by atoms with Crippen LogP contribution in [0.15, 0.2) is 43.1 Å². The topological polar surface area (TPSA) is 81.2 Å². The van der Waals surface area contributed by atoms with E-state index in [1.54, 1.807) is 23.1 Å². The zero-order valence-electron chi connectivity index (χ0n) is 15.6. The van der Waals surface area contributed by atoms with Crippen LogP contribution < -0.4 is 4.90 Å². The van der Waals surface area contributed by atoms with Crippen LogP contribution in [0.2, 0.25) is 5.02 Å². The van der Waals surface area contributed by atoms with E-state index in [-0.39, 0.29) is 0 Å². The van der Waals surface area contributed by atoms with E-state index < -0.39 is 0 Å². The molecule has 4 aromatic rings. The molecular formula is C20H18ClN7O. The van der Waals surface area contributed by atoms with Gasteiger partial charge in [0.15, 0.2) is 6.29 Å². The predicted molar refractivity (Wildman–Crippen MR) is 109 cm³/mol. The average Bonchev–Trinajstić information content (AvgIpc) is 3.48. The molecule has 1 aliphatic rings. The molecule has 1 fully saturated rings. The van der Waals surface area contributed by atoms with Crippen LogP contribution in [0.25, 0.3) is 16.9 Å². The monoisotopic (exact) mass is 407 g/mol. The first kappa shape index (κ1) is 17.8. The zero-order valence-corrected chi connectivity index (χ0v) is 16.3. The Hall–Kier alpha value is -3.26. The first-order valence-electron chi connectivity index (χ1n) is 9.43. The molecule has 0 amide bonds. The molecule has 4 aromatic heterocycles. The average molecular weight is 408 g/mol. The molecule has 0 N–H and O–H groups in total. The van der Waals surface area contributed by atoms with Crippen molar-refractivity contribution in [1.29, 1.82) is 0 Å². The van der Waals surface area contributed by atoms with Crippen LogP contribution in [0.5, 0.6) is 0 Å². The molecule has 9 heteroatoms. The number of aromatic nitrogens is 6. The van der Waals surface area contributed by atoms with Crippen molar-refractivity contribution in [2.75, 3.05) is 18.0 Å². The lowest BCUT2D eigenvalue weighted by Crippen LogP contribution is -2.18. The lowest BCUT2D eigenvalue weighted by atomic mass is 10.2. The second kappa shape index (κ2) is 7.29. The molecule has 5 heterocycles. The smallest absolute Gasteiger partial charge is 0.151 e. The van der Waals surface area contributed by atoms with Gasteiger partial charge in [-0.05, 0) is 25.0 Å². The summed E-state index contributed by atoms with van der Waals surface area (Å²) in [5, 5.41) is 9.16. The molecule has 0 radical (unpaired) electrons. The van der Waals surface area contributed by atoms with Crippen LogP contribution in [0.1, 0.15) is 28.9 Å². The van der Waals surface area contributed by atoms with Gasteiger partial charge in [-0.25, -0.2) is 9.67 Å². The minimum atomic E-state index is 0.460. The van der Waals surface area contributed by atoms with Crippen molar-refractivity contribution in [1.82, 2.24) is 29.4 Å². The first-order chi connectivity index (χ1) is 14.2. The first-order valence-corrected chi connectivity index (χ1v) is 9.81. The van der Waals surface area contributed by atoms with Crippen LogP contribution in [0.3, 0.4) is 0 Å². The Balaban J connectivity index is 1.41. The van der Waals surface area contributed by atoms with Crippen LogP contribution >= 0.6 is 11.6 Å². The number of aldehydes is 1. The summed E-state index contributed by atoms with van der Waals surface area (Å²) in [6.45, 7) is 2.45. The summed E-state index contributed by atoms with van der Waals surface area (Å²) in [6, 6.07) is 3.56. The normalized spacial score (nSPS) is 14.0. The fourth-order valence-corrected chi connectivity index (χ4v) is 3.98. The molecule has 0 saturated carbocycles. The van der Waals surface area contributed by atoms with Gasteiger partial charge in [-0.15, -0.1) is 5.10 Å². The van der Waals surface area contributed by atoms with Gasteiger partial charge in [-0.1, -0.05) is 16.8 Å². The van der Waals surface area contributed by atoms with Gasteiger partial charge in [0, 0.05) is 42.8 Å². The van der Waals surface area contributed by atoms with Gasteiger partial charge < -0.3 is 9.30 Å². The second-order valence-electron chi connectivity index (χ2n) is 7.09. The number of nitrogens with zero attached hydrogens (tertiary/aromatic N) is 7. The van der Waals surface area contributed by atoms with E-state index in [1.807, 2.05) is 29.1 Å². The zero-order chi connectivity index (χ0) is 19.8. The third kappa shape index (κ3) is 3.36. The summed E-state index contributed by atoms with van der Waals surface area (Å²) >= 11 is 6.67. The Morgan fingerprint density at radius 3 is 2.79 bits per heavy atom. The third-order valence-electron chi connectivity index (χ3n) is 5.11. The quantitative estimate of drug-likeness (QED) is 0.473. The highest BCUT2D eigenvalue weighted by atomic mass is 35.5. The molecule has 5 rings (SSSR count). The summed E-state index contributed by atoms with van der Waals surface area (Å²) < 4.78 is 3.55. The Morgan fingerprint density at radius 1 is 1.10 bits per heavy atom. The van der Waals surface area contributed by atoms with E-state index in [1.165, 1.54) is 12.8 Å². The SMILES string of the molecule is O=Cc1ccc2nc(Cn3cc(-c4cncc(N5CCCC5)c4Cl)nn3)cn2c1. The molecule has 0 atom stereocenters. The van der Waals surface area contributed by atoms with Crippen molar-refractivity contribution in [3.8, 4) is 11.3 Å². The van der Waals surface area contributed by atoms with Gasteiger partial charge >= 0.3 is 0 Å². The van der Waals surface area contributed by atoms with Crippen LogP contribution in [-0.4, -0.2) is 48.7 Å². The van der Waals surface area contributed by atoms with Gasteiger partial charge in [0.05, 0.1) is 35.3 Å². The molecule has 8 nitrogen and oxygen atoms in total. The molecule has 0 aliphatic carbocycles. The Labute approximate surface area is 171 Å². The molecule has 1 saturated heterocycles. The van der Waals surface area contributed by atoms with E-state index in [4.69, 9.17) is 11.6 Å². The molecule has 0 spiro atoms. The van der Waals surface area contributed by atoms with Gasteiger partial charge in [0.2, 0.25) is 0 Å². The molecule has 146 valence electrons. The second-order valence-corrected chi connectivity index (χ2v) is 7.47. The third-order valence-corrected chi connectivity index (χ3v) is 5.50. The minimum absolute atomic E-state index is 0.460. The number of pyridine rings is 2. The summed E-state index contributed by atoms with van der Waals surface area (Å²) in [4.78, 5) is 22.1. The highest BCUT2D eigenvalue weighted by Gasteiger charge is 2.19. The number of hydrogen-bond acceptors (Lipinski definition) is 6. The summed E-state index contributed by atoms with van der Waals surface area (Å²) in [6.07, 6.45) is 12.2. The number of rotatable bonds is 5. The van der Waals surface area contributed by atoms with Crippen LogP contribution in [0.4, 0.5) is 5.69 Å². The van der Waals surface area contributed by atoms with Gasteiger partial charge in [0.25, 0.3) is 0 Å². The van der Waals surface area contributed by atoms with Crippen molar-refractivity contribution < 1.29 is 4.79 Å². The maximum Gasteiger partial charge on any atom is 0.151 e. The molecule has 29 heavy (non-hydrogen) atoms. The van der Waals surface area contributed by atoms with E-state index >= 15 is 0 Å². The number of halogens is 1. The van der Waals surface area contributed by atoms with E-state index in [9.17, 15) is 4.79 Å². The molecule has 1 aliphatic heterocycles. The van der Waals surface area contributed by atoms with E-state index in [2.05, 4.69) is 25.2 Å². The Bertz CT molecular complexity index is 1190. The summed E-state index contributed by atoms with van der Waals surface area (Å²) in [7, 11) is 0. The number of fused-ring (bicyclic) bond motifs is 1. The molecular weight excluding hydrogens is 390 g/mol. The number of hydrogen-bond donors (Lipinski definition) is 0. The maximum atomic E-state index is 10.9. The number of anilines is 1. The minimum Gasteiger partial charge on any atom is -0.369 e. The van der Waals surface area contributed by atoms with E-state index in [0.717, 1.165) is 42.0 Å². The lowest BCUT2D eigenvalue weighted by molar-refractivity contribution is 0.112. The maximum absolute atomic E-state index is 10.9. The highest BCUT2D eigenvalue weighted by Crippen LogP contribution is 2.35. The van der Waals surface area contributed by atoms with E-state index in [0.29, 0.717) is 22.8 Å². The Morgan fingerprint density at radius 2 is 1.97 bits per heavy atom. The molecule has 0 aromatic carbocycles. The fourth-order valence-electron chi connectivity index (χ4n) is 3.66. The van der Waals surface area contributed by atoms with Crippen molar-refractivity contribution in [2.45, 2.75) is 19.4 Å². The van der Waals surface area contributed by atoms with Crippen molar-refractivity contribution >= 4 is 29.2 Å². The Kier molecular flexibility index (Phi) is 4.48. The lowest BCUT2D eigenvalue weighted by Gasteiger charge is -2.19. The standard InChI is InChI=1S/C20H18ClN7O/c21-20-16(7-22-8-18(20)26-5-1-2-6-26)17-12-28(25-24-17)11-15-10-27-9-14(13-29)3-4-19(27)23-15/h3-4,7-10,12-13H,1-2,5-6,11H2. The van der Waals surface area contributed by atoms with Crippen molar-refractivity contribution in [3.63, 3.8) is 0 Å². The molecule has 0 unspecified atom stereocenters. The predicted octanol–water partition coefficient (Wildman–Crippen LogP) is 3.10. The fraction of sp³-hybridized carbons (Fsp3) is 0.250. The number of carbonyl (C=O) groups excluding carboxylic acids is 1. The van der Waals surface area contributed by atoms with Crippen LogP contribution in [-0.2, 0) is 6.54 Å². The number of carbonyl (C=O) groups is 1. The van der Waals surface area contributed by atoms with Crippen molar-refractivity contribution in [3.05, 3.63) is 59.4 Å². The van der Waals surface area contributed by atoms with Crippen LogP contribution in [0, 0.1) is 0 Å². The summed E-state index contributed by atoms with van der Waals surface area (Å²) in [5.74, 6) is 0. The van der Waals surface area contributed by atoms with Gasteiger partial charge in [-0.3, -0.25) is 9.78 Å². The largest absolute Gasteiger partial charge is 0.369 e. The van der Waals surface area contributed by atoms with Crippen molar-refractivity contribution in [2.24, 2.45) is 0 Å². The van der Waals surface area contributed by atoms with Gasteiger partial charge in [0.1, 0.15) is 11.3 Å².